The first-order valence-electron chi connectivity index (χ1n) is 9.11. The van der Waals surface area contributed by atoms with Gasteiger partial charge in [-0.25, -0.2) is 9.67 Å². The smallest absolute Gasteiger partial charge is 0.325 e. The van der Waals surface area contributed by atoms with Gasteiger partial charge in [-0.15, -0.1) is 0 Å². The minimum atomic E-state index is -0.502. The summed E-state index contributed by atoms with van der Waals surface area (Å²) in [5.41, 5.74) is 7.47. The fourth-order valence-electron chi connectivity index (χ4n) is 2.85. The maximum Gasteiger partial charge on any atom is 0.325 e. The lowest BCUT2D eigenvalue weighted by molar-refractivity contribution is -0.141. The van der Waals surface area contributed by atoms with Crippen molar-refractivity contribution in [2.24, 2.45) is 11.7 Å². The van der Waals surface area contributed by atoms with E-state index in [1.54, 1.807) is 4.68 Å². The van der Waals surface area contributed by atoms with Gasteiger partial charge in [0.1, 0.15) is 18.9 Å². The fraction of sp³-hybridized carbons (Fsp3) is 0.474. The highest BCUT2D eigenvalue weighted by Crippen LogP contribution is 2.32. The Hall–Kier alpha value is -2.74. The number of carbonyl (C=O) groups excluding carboxylic acids is 2. The van der Waals surface area contributed by atoms with Gasteiger partial charge in [0.05, 0.1) is 13.2 Å². The van der Waals surface area contributed by atoms with Crippen molar-refractivity contribution < 1.29 is 14.3 Å². The van der Waals surface area contributed by atoms with E-state index in [2.05, 4.69) is 20.1 Å². The number of benzene rings is 1. The molecular weight excluding hydrogens is 346 g/mol. The van der Waals surface area contributed by atoms with Crippen LogP contribution in [0.3, 0.4) is 0 Å². The van der Waals surface area contributed by atoms with Gasteiger partial charge in [-0.05, 0) is 30.7 Å². The molecule has 1 heterocycles. The number of methoxy groups -OCH3 is 1. The standard InChI is InChI=1S/C19H25N5O3/c1-27-18(26)11-21-17(25)12-24-19(22-16(23-24)10-14-7-8-14)15(20)9-13-5-3-2-4-6-13/h2-6,14-15H,7-12,20H2,1H3,(H,21,25)/t15-/m1/s1. The Kier molecular flexibility index (Phi) is 6.18. The van der Waals surface area contributed by atoms with Gasteiger partial charge in [0.15, 0.2) is 5.82 Å². The minimum Gasteiger partial charge on any atom is -0.468 e. The van der Waals surface area contributed by atoms with Crippen molar-refractivity contribution in [3.63, 3.8) is 0 Å². The number of nitrogens with two attached hydrogens (primary N) is 1. The lowest BCUT2D eigenvalue weighted by atomic mass is 10.1. The van der Waals surface area contributed by atoms with Gasteiger partial charge in [-0.2, -0.15) is 5.10 Å². The zero-order valence-corrected chi connectivity index (χ0v) is 15.4. The van der Waals surface area contributed by atoms with Crippen LogP contribution in [0, 0.1) is 5.92 Å². The first kappa shape index (κ1) is 19.0. The van der Waals surface area contributed by atoms with Gasteiger partial charge in [0.2, 0.25) is 5.91 Å². The molecular formula is C19H25N5O3. The average Bonchev–Trinajstić information content (AvgIpc) is 3.39. The molecule has 1 aromatic carbocycles. The fourth-order valence-corrected chi connectivity index (χ4v) is 2.85. The van der Waals surface area contributed by atoms with Gasteiger partial charge < -0.3 is 15.8 Å². The molecule has 1 aliphatic rings. The predicted molar refractivity (Wildman–Crippen MR) is 98.6 cm³/mol. The largest absolute Gasteiger partial charge is 0.468 e. The molecule has 1 saturated carbocycles. The van der Waals surface area contributed by atoms with Crippen molar-refractivity contribution in [3.8, 4) is 0 Å². The normalized spacial score (nSPS) is 14.6. The summed E-state index contributed by atoms with van der Waals surface area (Å²) in [4.78, 5) is 28.0. The van der Waals surface area contributed by atoms with Crippen molar-refractivity contribution in [1.82, 2.24) is 20.1 Å². The van der Waals surface area contributed by atoms with Crippen LogP contribution in [0.5, 0.6) is 0 Å². The lowest BCUT2D eigenvalue weighted by Crippen LogP contribution is -2.34. The highest BCUT2D eigenvalue weighted by Gasteiger charge is 2.26. The summed E-state index contributed by atoms with van der Waals surface area (Å²) in [6.07, 6.45) is 3.80. The van der Waals surface area contributed by atoms with Gasteiger partial charge >= 0.3 is 5.97 Å². The molecule has 3 rings (SSSR count). The molecule has 27 heavy (non-hydrogen) atoms. The van der Waals surface area contributed by atoms with E-state index < -0.39 is 5.97 Å². The van der Waals surface area contributed by atoms with E-state index in [0.29, 0.717) is 18.2 Å². The van der Waals surface area contributed by atoms with Gasteiger partial charge in [0.25, 0.3) is 0 Å². The van der Waals surface area contributed by atoms with Crippen LogP contribution in [0.2, 0.25) is 0 Å². The molecule has 0 aliphatic heterocycles. The maximum atomic E-state index is 12.2. The van der Waals surface area contributed by atoms with E-state index in [4.69, 9.17) is 5.73 Å². The molecule has 8 nitrogen and oxygen atoms in total. The van der Waals surface area contributed by atoms with E-state index in [9.17, 15) is 9.59 Å². The zero-order valence-electron chi connectivity index (χ0n) is 15.4. The second-order valence-electron chi connectivity index (χ2n) is 6.84. The number of esters is 1. The number of amides is 1. The molecule has 1 aliphatic carbocycles. The predicted octanol–water partition coefficient (Wildman–Crippen LogP) is 0.762. The second-order valence-corrected chi connectivity index (χ2v) is 6.84. The number of ether oxygens (including phenoxy) is 1. The Balaban J connectivity index is 1.71. The molecule has 0 unspecified atom stereocenters. The highest BCUT2D eigenvalue weighted by molar-refractivity contribution is 5.81. The number of hydrogen-bond donors (Lipinski definition) is 2. The Labute approximate surface area is 158 Å². The quantitative estimate of drug-likeness (QED) is 0.630. The molecule has 1 amide bonds. The molecule has 144 valence electrons. The van der Waals surface area contributed by atoms with Crippen LogP contribution in [0.1, 0.15) is 36.1 Å². The molecule has 0 saturated heterocycles. The van der Waals surface area contributed by atoms with Crippen molar-refractivity contribution in [1.29, 1.82) is 0 Å². The van der Waals surface area contributed by atoms with Crippen LogP contribution in [-0.4, -0.2) is 40.3 Å². The third kappa shape index (κ3) is 5.62. The number of nitrogens with one attached hydrogen (secondary N) is 1. The lowest BCUT2D eigenvalue weighted by Gasteiger charge is -2.13. The summed E-state index contributed by atoms with van der Waals surface area (Å²) in [5, 5.41) is 7.01. The SMILES string of the molecule is COC(=O)CNC(=O)Cn1nc(CC2CC2)nc1[C@H](N)Cc1ccccc1. The Bertz CT molecular complexity index is 786. The minimum absolute atomic E-state index is 0.0352. The van der Waals surface area contributed by atoms with E-state index in [1.165, 1.54) is 20.0 Å². The molecule has 1 fully saturated rings. The van der Waals surface area contributed by atoms with Gasteiger partial charge in [-0.3, -0.25) is 9.59 Å². The van der Waals surface area contributed by atoms with Crippen LogP contribution in [0.15, 0.2) is 30.3 Å². The molecule has 2 aromatic rings. The third-order valence-corrected chi connectivity index (χ3v) is 4.49. The molecule has 0 bridgehead atoms. The summed E-state index contributed by atoms with van der Waals surface area (Å²) in [6.45, 7) is -0.211. The van der Waals surface area contributed by atoms with Crippen molar-refractivity contribution in [3.05, 3.63) is 47.5 Å². The number of nitrogens with zero attached hydrogens (tertiary/aromatic N) is 3. The summed E-state index contributed by atoms with van der Waals surface area (Å²) < 4.78 is 6.08. The van der Waals surface area contributed by atoms with Crippen molar-refractivity contribution in [2.75, 3.05) is 13.7 Å². The zero-order chi connectivity index (χ0) is 19.2. The van der Waals surface area contributed by atoms with E-state index in [0.717, 1.165) is 17.8 Å². The third-order valence-electron chi connectivity index (χ3n) is 4.49. The molecule has 0 radical (unpaired) electrons. The Morgan fingerprint density at radius 1 is 1.33 bits per heavy atom. The van der Waals surface area contributed by atoms with Gasteiger partial charge in [-0.1, -0.05) is 30.3 Å². The summed E-state index contributed by atoms with van der Waals surface area (Å²) in [7, 11) is 1.27. The average molecular weight is 371 g/mol. The van der Waals surface area contributed by atoms with Crippen LogP contribution >= 0.6 is 0 Å². The second kappa shape index (κ2) is 8.77. The molecule has 3 N–H and O–H groups in total. The van der Waals surface area contributed by atoms with Crippen LogP contribution in [-0.2, 0) is 33.7 Å². The monoisotopic (exact) mass is 371 g/mol. The summed E-state index contributed by atoms with van der Waals surface area (Å²) >= 11 is 0. The first-order chi connectivity index (χ1) is 13.0. The molecule has 1 aromatic heterocycles. The Morgan fingerprint density at radius 2 is 2.07 bits per heavy atom. The molecule has 8 heteroatoms. The topological polar surface area (TPSA) is 112 Å². The van der Waals surface area contributed by atoms with Crippen molar-refractivity contribution >= 4 is 11.9 Å². The van der Waals surface area contributed by atoms with Gasteiger partial charge in [0, 0.05) is 6.42 Å². The number of hydrogen-bond acceptors (Lipinski definition) is 6. The maximum absolute atomic E-state index is 12.2. The van der Waals surface area contributed by atoms with Crippen LogP contribution in [0.4, 0.5) is 0 Å². The highest BCUT2D eigenvalue weighted by atomic mass is 16.5. The first-order valence-corrected chi connectivity index (χ1v) is 9.11. The Morgan fingerprint density at radius 3 is 2.74 bits per heavy atom. The van der Waals surface area contributed by atoms with E-state index in [-0.39, 0.29) is 25.0 Å². The van der Waals surface area contributed by atoms with E-state index >= 15 is 0 Å². The summed E-state index contributed by atoms with van der Waals surface area (Å²) in [5.74, 6) is 1.10. The molecule has 0 spiro atoms. The van der Waals surface area contributed by atoms with Crippen LogP contribution in [0.25, 0.3) is 0 Å². The van der Waals surface area contributed by atoms with E-state index in [1.807, 2.05) is 30.3 Å². The number of aromatic nitrogens is 3. The molecule has 1 atom stereocenters. The summed E-state index contributed by atoms with van der Waals surface area (Å²) in [6, 6.07) is 9.53. The number of rotatable bonds is 9. The van der Waals surface area contributed by atoms with Crippen LogP contribution < -0.4 is 11.1 Å². The number of carbonyl (C=O) groups is 2. The van der Waals surface area contributed by atoms with Crippen molar-refractivity contribution in [2.45, 2.75) is 38.3 Å².